The van der Waals surface area contributed by atoms with Crippen LogP contribution in [-0.2, 0) is 11.3 Å². The summed E-state index contributed by atoms with van der Waals surface area (Å²) in [6, 6.07) is 12.7. The zero-order valence-corrected chi connectivity index (χ0v) is 13.3. The lowest BCUT2D eigenvalue weighted by Crippen LogP contribution is -2.05. The number of ether oxygens (including phenoxy) is 2. The fraction of sp³-hybridized carbons (Fsp3) is 0.250. The summed E-state index contributed by atoms with van der Waals surface area (Å²) in [5.74, 6) is 0.532. The first kappa shape index (κ1) is 15.8. The van der Waals surface area contributed by atoms with Crippen LogP contribution in [0.1, 0.15) is 5.56 Å². The molecule has 0 spiro atoms. The molecule has 0 unspecified atom stereocenters. The number of rotatable bonds is 7. The van der Waals surface area contributed by atoms with E-state index < -0.39 is 0 Å². The maximum atomic E-state index is 13.2. The van der Waals surface area contributed by atoms with E-state index in [1.54, 1.807) is 19.2 Å². The first-order valence-electron chi connectivity index (χ1n) is 6.58. The highest BCUT2D eigenvalue weighted by molar-refractivity contribution is 9.10. The van der Waals surface area contributed by atoms with Crippen LogP contribution in [0.25, 0.3) is 0 Å². The van der Waals surface area contributed by atoms with Gasteiger partial charge in [-0.3, -0.25) is 0 Å². The number of hydrogen-bond donors (Lipinski definition) is 1. The van der Waals surface area contributed by atoms with Gasteiger partial charge in [-0.15, -0.1) is 0 Å². The van der Waals surface area contributed by atoms with Crippen LogP contribution in [0, 0.1) is 5.82 Å². The van der Waals surface area contributed by atoms with Gasteiger partial charge in [-0.05, 0) is 45.8 Å². The molecule has 0 fully saturated rings. The molecule has 2 aromatic rings. The summed E-state index contributed by atoms with van der Waals surface area (Å²) in [7, 11) is 1.64. The molecule has 0 heterocycles. The largest absolute Gasteiger partial charge is 0.491 e. The molecule has 0 radical (unpaired) electrons. The third-order valence-electron chi connectivity index (χ3n) is 2.87. The summed E-state index contributed by atoms with van der Waals surface area (Å²) < 4.78 is 24.1. The fourth-order valence-electron chi connectivity index (χ4n) is 1.79. The van der Waals surface area contributed by atoms with Gasteiger partial charge in [0.05, 0.1) is 11.1 Å². The van der Waals surface area contributed by atoms with Crippen LogP contribution in [0.2, 0.25) is 0 Å². The van der Waals surface area contributed by atoms with Gasteiger partial charge in [-0.2, -0.15) is 0 Å². The van der Waals surface area contributed by atoms with E-state index in [1.807, 2.05) is 24.3 Å². The molecule has 21 heavy (non-hydrogen) atoms. The molecule has 0 bridgehead atoms. The van der Waals surface area contributed by atoms with E-state index in [2.05, 4.69) is 21.2 Å². The molecule has 0 aliphatic rings. The number of anilines is 1. The Kier molecular flexibility index (Phi) is 6.02. The maximum absolute atomic E-state index is 13.2. The second-order valence-corrected chi connectivity index (χ2v) is 5.33. The number of methoxy groups -OCH3 is 1. The van der Waals surface area contributed by atoms with Gasteiger partial charge < -0.3 is 14.8 Å². The monoisotopic (exact) mass is 353 g/mol. The summed E-state index contributed by atoms with van der Waals surface area (Å²) in [6.07, 6.45) is 0. The Labute approximate surface area is 132 Å². The average molecular weight is 354 g/mol. The molecule has 1 N–H and O–H groups in total. The highest BCUT2D eigenvalue weighted by Gasteiger charge is 2.01. The minimum Gasteiger partial charge on any atom is -0.491 e. The Bertz CT molecular complexity index is 592. The van der Waals surface area contributed by atoms with Gasteiger partial charge in [0.2, 0.25) is 0 Å². The summed E-state index contributed by atoms with van der Waals surface area (Å²) in [5.41, 5.74) is 1.94. The average Bonchev–Trinajstić information content (AvgIpc) is 2.49. The molecule has 112 valence electrons. The predicted molar refractivity (Wildman–Crippen MR) is 85.2 cm³/mol. The maximum Gasteiger partial charge on any atom is 0.137 e. The van der Waals surface area contributed by atoms with Gasteiger partial charge in [0.1, 0.15) is 18.2 Å². The van der Waals surface area contributed by atoms with Crippen LogP contribution in [0.4, 0.5) is 10.1 Å². The summed E-state index contributed by atoms with van der Waals surface area (Å²) >= 11 is 3.18. The molecule has 5 heteroatoms. The topological polar surface area (TPSA) is 30.5 Å². The molecule has 2 rings (SSSR count). The van der Waals surface area contributed by atoms with Gasteiger partial charge >= 0.3 is 0 Å². The van der Waals surface area contributed by atoms with Crippen LogP contribution < -0.4 is 10.1 Å². The standard InChI is InChI=1S/C16H17BrFNO2/c1-20-7-8-21-14-4-2-3-13(10-14)19-11-12-5-6-16(18)15(17)9-12/h2-6,9-10,19H,7-8,11H2,1H3. The molecule has 0 saturated heterocycles. The van der Waals surface area contributed by atoms with Crippen LogP contribution in [0.15, 0.2) is 46.9 Å². The lowest BCUT2D eigenvalue weighted by molar-refractivity contribution is 0.146. The Hall–Kier alpha value is -1.59. The molecule has 0 aromatic heterocycles. The first-order chi connectivity index (χ1) is 10.2. The Morgan fingerprint density at radius 3 is 2.76 bits per heavy atom. The number of halogens is 2. The highest BCUT2D eigenvalue weighted by Crippen LogP contribution is 2.20. The van der Waals surface area contributed by atoms with Gasteiger partial charge in [-0.1, -0.05) is 12.1 Å². The lowest BCUT2D eigenvalue weighted by Gasteiger charge is -2.10. The van der Waals surface area contributed by atoms with E-state index in [4.69, 9.17) is 9.47 Å². The number of hydrogen-bond acceptors (Lipinski definition) is 3. The van der Waals surface area contributed by atoms with Crippen LogP contribution in [0.3, 0.4) is 0 Å². The summed E-state index contributed by atoms with van der Waals surface area (Å²) in [4.78, 5) is 0. The van der Waals surface area contributed by atoms with E-state index in [9.17, 15) is 4.39 Å². The van der Waals surface area contributed by atoms with Crippen molar-refractivity contribution in [2.45, 2.75) is 6.54 Å². The molecular weight excluding hydrogens is 337 g/mol. The quantitative estimate of drug-likeness (QED) is 0.755. The third kappa shape index (κ3) is 5.02. The van der Waals surface area contributed by atoms with Gasteiger partial charge in [0, 0.05) is 25.4 Å². The second-order valence-electron chi connectivity index (χ2n) is 4.47. The van der Waals surface area contributed by atoms with Crippen molar-refractivity contribution in [2.75, 3.05) is 25.6 Å². The van der Waals surface area contributed by atoms with Crippen LogP contribution >= 0.6 is 15.9 Å². The highest BCUT2D eigenvalue weighted by atomic mass is 79.9. The molecular formula is C16H17BrFNO2. The number of nitrogens with one attached hydrogen (secondary N) is 1. The van der Waals surface area contributed by atoms with Crippen LogP contribution in [0.5, 0.6) is 5.75 Å². The van der Waals surface area contributed by atoms with Crippen molar-refractivity contribution < 1.29 is 13.9 Å². The lowest BCUT2D eigenvalue weighted by atomic mass is 10.2. The molecule has 0 amide bonds. The Morgan fingerprint density at radius 1 is 1.14 bits per heavy atom. The molecule has 0 atom stereocenters. The predicted octanol–water partition coefficient (Wildman–Crippen LogP) is 4.23. The summed E-state index contributed by atoms with van der Waals surface area (Å²) in [6.45, 7) is 1.69. The van der Waals surface area contributed by atoms with Crippen LogP contribution in [-0.4, -0.2) is 20.3 Å². The van der Waals surface area contributed by atoms with Gasteiger partial charge in [-0.25, -0.2) is 4.39 Å². The molecule has 0 saturated carbocycles. The molecule has 0 aliphatic carbocycles. The zero-order chi connectivity index (χ0) is 15.1. The normalized spacial score (nSPS) is 10.4. The molecule has 2 aromatic carbocycles. The van der Waals surface area contributed by atoms with Crippen molar-refractivity contribution in [3.63, 3.8) is 0 Å². The minimum absolute atomic E-state index is 0.257. The third-order valence-corrected chi connectivity index (χ3v) is 3.48. The molecule has 0 aliphatic heterocycles. The van der Waals surface area contributed by atoms with Crippen molar-refractivity contribution in [3.05, 3.63) is 58.3 Å². The smallest absolute Gasteiger partial charge is 0.137 e. The zero-order valence-electron chi connectivity index (χ0n) is 11.7. The Balaban J connectivity index is 1.93. The van der Waals surface area contributed by atoms with Gasteiger partial charge in [0.15, 0.2) is 0 Å². The van der Waals surface area contributed by atoms with E-state index in [1.165, 1.54) is 6.07 Å². The Morgan fingerprint density at radius 2 is 2.00 bits per heavy atom. The molecule has 3 nitrogen and oxygen atoms in total. The van der Waals surface area contributed by atoms with E-state index in [0.29, 0.717) is 24.2 Å². The minimum atomic E-state index is -0.257. The summed E-state index contributed by atoms with van der Waals surface area (Å²) in [5, 5.41) is 3.28. The van der Waals surface area contributed by atoms with E-state index in [-0.39, 0.29) is 5.82 Å². The SMILES string of the molecule is COCCOc1cccc(NCc2ccc(F)c(Br)c2)c1. The van der Waals surface area contributed by atoms with Crippen molar-refractivity contribution in [3.8, 4) is 5.75 Å². The van der Waals surface area contributed by atoms with E-state index in [0.717, 1.165) is 17.0 Å². The van der Waals surface area contributed by atoms with Crippen molar-refractivity contribution in [1.82, 2.24) is 0 Å². The van der Waals surface area contributed by atoms with Crippen molar-refractivity contribution >= 4 is 21.6 Å². The first-order valence-corrected chi connectivity index (χ1v) is 7.38. The van der Waals surface area contributed by atoms with Gasteiger partial charge in [0.25, 0.3) is 0 Å². The van der Waals surface area contributed by atoms with Crippen molar-refractivity contribution in [1.29, 1.82) is 0 Å². The second kappa shape index (κ2) is 8.00. The fourth-order valence-corrected chi connectivity index (χ4v) is 2.22. The van der Waals surface area contributed by atoms with Crippen molar-refractivity contribution in [2.24, 2.45) is 0 Å². The number of benzene rings is 2. The van der Waals surface area contributed by atoms with E-state index >= 15 is 0 Å².